The zero-order chi connectivity index (χ0) is 13.0. The molecule has 0 radical (unpaired) electrons. The molecule has 0 aromatic rings. The van der Waals surface area contributed by atoms with E-state index >= 15 is 0 Å². The summed E-state index contributed by atoms with van der Waals surface area (Å²) in [6, 6.07) is 0. The predicted octanol–water partition coefficient (Wildman–Crippen LogP) is 0.702. The predicted molar refractivity (Wildman–Crippen MR) is 74.7 cm³/mol. The molecule has 2 saturated heterocycles. The molecule has 0 atom stereocenters. The first-order valence-electron chi connectivity index (χ1n) is 6.89. The number of thioether (sulfide) groups is 1. The van der Waals surface area contributed by atoms with Crippen LogP contribution in [0.4, 0.5) is 0 Å². The van der Waals surface area contributed by atoms with Crippen molar-refractivity contribution >= 4 is 17.7 Å². The summed E-state index contributed by atoms with van der Waals surface area (Å²) in [6.07, 6.45) is 2.98. The number of rotatable bonds is 5. The third-order valence-electron chi connectivity index (χ3n) is 4.13. The monoisotopic (exact) mass is 272 g/mol. The Bertz CT molecular complexity index is 287. The van der Waals surface area contributed by atoms with Crippen molar-refractivity contribution < 1.29 is 9.90 Å². The maximum Gasteiger partial charge on any atom is 0.234 e. The van der Waals surface area contributed by atoms with Crippen molar-refractivity contribution in [1.82, 2.24) is 10.2 Å². The van der Waals surface area contributed by atoms with Crippen LogP contribution in [-0.2, 0) is 4.79 Å². The summed E-state index contributed by atoms with van der Waals surface area (Å²) >= 11 is 1.90. The van der Waals surface area contributed by atoms with Crippen molar-refractivity contribution in [2.75, 3.05) is 37.7 Å². The third kappa shape index (κ3) is 3.39. The average molecular weight is 272 g/mol. The summed E-state index contributed by atoms with van der Waals surface area (Å²) in [4.78, 5) is 14.2. The molecule has 0 unspecified atom stereocenters. The molecule has 0 aromatic heterocycles. The first-order valence-corrected chi connectivity index (χ1v) is 8.05. The van der Waals surface area contributed by atoms with Gasteiger partial charge in [0, 0.05) is 13.1 Å². The average Bonchev–Trinajstić information content (AvgIpc) is 2.34. The van der Waals surface area contributed by atoms with Gasteiger partial charge >= 0.3 is 0 Å². The molecule has 2 aliphatic heterocycles. The molecule has 0 spiro atoms. The van der Waals surface area contributed by atoms with Gasteiger partial charge in [-0.1, -0.05) is 13.3 Å². The Morgan fingerprint density at radius 2 is 2.11 bits per heavy atom. The highest BCUT2D eigenvalue weighted by Crippen LogP contribution is 2.26. The number of nitrogens with zero attached hydrogens (tertiary/aromatic N) is 1. The van der Waals surface area contributed by atoms with E-state index in [0.717, 1.165) is 43.4 Å². The molecule has 18 heavy (non-hydrogen) atoms. The molecule has 5 heteroatoms. The number of carbonyl (C=O) groups excluding carboxylic acids is 1. The third-order valence-corrected chi connectivity index (χ3v) is 5.12. The smallest absolute Gasteiger partial charge is 0.234 e. The topological polar surface area (TPSA) is 52.6 Å². The standard InChI is InChI=1S/C13H24N2O2S/c1-2-11-7-15(8-11)9-12(17)14-13(10-16)3-5-18-6-4-13/h11,16H,2-10H2,1H3,(H,14,17). The Hall–Kier alpha value is -0.260. The second-order valence-corrected chi connectivity index (χ2v) is 6.79. The maximum absolute atomic E-state index is 12.0. The van der Waals surface area contributed by atoms with Crippen LogP contribution in [0, 0.1) is 5.92 Å². The van der Waals surface area contributed by atoms with Crippen LogP contribution in [0.2, 0.25) is 0 Å². The summed E-state index contributed by atoms with van der Waals surface area (Å²) in [5.41, 5.74) is -0.350. The van der Waals surface area contributed by atoms with Crippen LogP contribution < -0.4 is 5.32 Å². The Morgan fingerprint density at radius 1 is 1.44 bits per heavy atom. The molecule has 0 saturated carbocycles. The largest absolute Gasteiger partial charge is 0.394 e. The van der Waals surface area contributed by atoms with Gasteiger partial charge in [-0.15, -0.1) is 0 Å². The van der Waals surface area contributed by atoms with Crippen LogP contribution in [0.25, 0.3) is 0 Å². The molecular weight excluding hydrogens is 248 g/mol. The molecule has 2 aliphatic rings. The number of aliphatic hydroxyl groups is 1. The lowest BCUT2D eigenvalue weighted by atomic mass is 9.93. The lowest BCUT2D eigenvalue weighted by Crippen LogP contribution is -2.57. The van der Waals surface area contributed by atoms with Gasteiger partial charge in [-0.25, -0.2) is 0 Å². The first kappa shape index (κ1) is 14.2. The molecule has 4 nitrogen and oxygen atoms in total. The molecule has 2 N–H and O–H groups in total. The van der Waals surface area contributed by atoms with Gasteiger partial charge in [-0.2, -0.15) is 11.8 Å². The normalized spacial score (nSPS) is 24.6. The molecule has 0 aromatic carbocycles. The second kappa shape index (κ2) is 6.26. The highest BCUT2D eigenvalue weighted by atomic mass is 32.2. The van der Waals surface area contributed by atoms with Gasteiger partial charge in [0.15, 0.2) is 0 Å². The van der Waals surface area contributed by atoms with E-state index < -0.39 is 0 Å². The van der Waals surface area contributed by atoms with Crippen molar-refractivity contribution in [2.24, 2.45) is 5.92 Å². The van der Waals surface area contributed by atoms with E-state index in [0.29, 0.717) is 6.54 Å². The first-order chi connectivity index (χ1) is 8.67. The fraction of sp³-hybridized carbons (Fsp3) is 0.923. The summed E-state index contributed by atoms with van der Waals surface area (Å²) in [5.74, 6) is 2.91. The maximum atomic E-state index is 12.0. The van der Waals surface area contributed by atoms with E-state index in [1.54, 1.807) is 0 Å². The minimum absolute atomic E-state index is 0.0664. The highest BCUT2D eigenvalue weighted by Gasteiger charge is 2.34. The van der Waals surface area contributed by atoms with Crippen LogP contribution in [0.3, 0.4) is 0 Å². The quantitative estimate of drug-likeness (QED) is 0.774. The van der Waals surface area contributed by atoms with Gasteiger partial charge in [-0.3, -0.25) is 9.69 Å². The summed E-state index contributed by atoms with van der Waals surface area (Å²) < 4.78 is 0. The van der Waals surface area contributed by atoms with Crippen LogP contribution in [0.1, 0.15) is 26.2 Å². The fourth-order valence-corrected chi connectivity index (χ4v) is 3.96. The lowest BCUT2D eigenvalue weighted by Gasteiger charge is -2.40. The van der Waals surface area contributed by atoms with Crippen LogP contribution in [0.5, 0.6) is 0 Å². The van der Waals surface area contributed by atoms with Gasteiger partial charge in [-0.05, 0) is 30.3 Å². The van der Waals surface area contributed by atoms with E-state index in [1.807, 2.05) is 11.8 Å². The van der Waals surface area contributed by atoms with Gasteiger partial charge in [0.1, 0.15) is 0 Å². The molecule has 2 fully saturated rings. The van der Waals surface area contributed by atoms with E-state index in [9.17, 15) is 9.90 Å². The van der Waals surface area contributed by atoms with Crippen molar-refractivity contribution in [2.45, 2.75) is 31.7 Å². The molecule has 1 amide bonds. The minimum Gasteiger partial charge on any atom is -0.394 e. The van der Waals surface area contributed by atoms with Gasteiger partial charge < -0.3 is 10.4 Å². The molecule has 104 valence electrons. The van der Waals surface area contributed by atoms with Crippen LogP contribution in [-0.4, -0.2) is 59.2 Å². The van der Waals surface area contributed by atoms with Crippen molar-refractivity contribution in [3.05, 3.63) is 0 Å². The van der Waals surface area contributed by atoms with E-state index in [-0.39, 0.29) is 18.1 Å². The summed E-state index contributed by atoms with van der Waals surface area (Å²) in [6.45, 7) is 4.85. The SMILES string of the molecule is CCC1CN(CC(=O)NC2(CO)CCSCC2)C1. The molecule has 2 rings (SSSR count). The van der Waals surface area contributed by atoms with Crippen molar-refractivity contribution in [3.63, 3.8) is 0 Å². The van der Waals surface area contributed by atoms with E-state index in [2.05, 4.69) is 17.1 Å². The zero-order valence-corrected chi connectivity index (χ0v) is 12.0. The number of nitrogens with one attached hydrogen (secondary N) is 1. The number of hydrogen-bond donors (Lipinski definition) is 2. The van der Waals surface area contributed by atoms with E-state index in [4.69, 9.17) is 0 Å². The molecule has 2 heterocycles. The lowest BCUT2D eigenvalue weighted by molar-refractivity contribution is -0.126. The molecule has 0 aliphatic carbocycles. The highest BCUT2D eigenvalue weighted by molar-refractivity contribution is 7.99. The number of likely N-dealkylation sites (tertiary alicyclic amines) is 1. The summed E-state index contributed by atoms with van der Waals surface area (Å²) in [7, 11) is 0. The van der Waals surface area contributed by atoms with Crippen molar-refractivity contribution in [3.8, 4) is 0 Å². The summed E-state index contributed by atoms with van der Waals surface area (Å²) in [5, 5.41) is 12.6. The van der Waals surface area contributed by atoms with Crippen molar-refractivity contribution in [1.29, 1.82) is 0 Å². The van der Waals surface area contributed by atoms with Crippen LogP contribution >= 0.6 is 11.8 Å². The van der Waals surface area contributed by atoms with Gasteiger partial charge in [0.25, 0.3) is 0 Å². The molecule has 0 bridgehead atoms. The fourth-order valence-electron chi connectivity index (χ4n) is 2.69. The second-order valence-electron chi connectivity index (χ2n) is 5.57. The number of aliphatic hydroxyl groups excluding tert-OH is 1. The van der Waals surface area contributed by atoms with Gasteiger partial charge in [0.2, 0.25) is 5.91 Å². The minimum atomic E-state index is -0.350. The number of amides is 1. The number of hydrogen-bond acceptors (Lipinski definition) is 4. The van der Waals surface area contributed by atoms with Gasteiger partial charge in [0.05, 0.1) is 18.7 Å². The Balaban J connectivity index is 1.75. The Morgan fingerprint density at radius 3 is 2.67 bits per heavy atom. The Kier molecular flexibility index (Phi) is 4.92. The van der Waals surface area contributed by atoms with Crippen LogP contribution in [0.15, 0.2) is 0 Å². The Labute approximate surface area is 113 Å². The molecular formula is C13H24N2O2S. The van der Waals surface area contributed by atoms with E-state index in [1.165, 1.54) is 6.42 Å². The number of carbonyl (C=O) groups is 1. The zero-order valence-electron chi connectivity index (χ0n) is 11.2.